The maximum Gasteiger partial charge on any atom is 0.129 e. The number of rotatable bonds is 3. The molecule has 1 aliphatic carbocycles. The summed E-state index contributed by atoms with van der Waals surface area (Å²) in [5.41, 5.74) is 2.82. The molecule has 1 radical (unpaired) electrons. The van der Waals surface area contributed by atoms with Crippen LogP contribution in [-0.4, -0.2) is 5.11 Å². The summed E-state index contributed by atoms with van der Waals surface area (Å²) in [6.45, 7) is 0. The smallest absolute Gasteiger partial charge is 0.129 e. The predicted molar refractivity (Wildman–Crippen MR) is 93.0 cm³/mol. The van der Waals surface area contributed by atoms with Gasteiger partial charge >= 0.3 is 0 Å². The fraction of sp³-hybridized carbons (Fsp3) is 0. The van der Waals surface area contributed by atoms with E-state index in [2.05, 4.69) is 24.3 Å². The van der Waals surface area contributed by atoms with Crippen LogP contribution in [0.3, 0.4) is 0 Å². The van der Waals surface area contributed by atoms with Crippen molar-refractivity contribution in [2.75, 3.05) is 0 Å². The van der Waals surface area contributed by atoms with Crippen molar-refractivity contribution in [1.29, 1.82) is 0 Å². The van der Waals surface area contributed by atoms with Crippen LogP contribution in [0.2, 0.25) is 0 Å². The molecular weight excluding hydrogens is 268 g/mol. The van der Waals surface area contributed by atoms with E-state index in [0.717, 1.165) is 17.1 Å². The van der Waals surface area contributed by atoms with Crippen molar-refractivity contribution >= 4 is 11.8 Å². The molecule has 0 amide bonds. The Kier molecular flexibility index (Phi) is 4.35. The van der Waals surface area contributed by atoms with Gasteiger partial charge in [0.25, 0.3) is 0 Å². The summed E-state index contributed by atoms with van der Waals surface area (Å²) >= 11 is 0. The van der Waals surface area contributed by atoms with Crippen molar-refractivity contribution in [2.45, 2.75) is 0 Å². The van der Waals surface area contributed by atoms with Crippen molar-refractivity contribution in [3.8, 4) is 0 Å². The molecule has 0 saturated heterocycles. The van der Waals surface area contributed by atoms with Gasteiger partial charge in [0.15, 0.2) is 0 Å². The van der Waals surface area contributed by atoms with Crippen molar-refractivity contribution in [3.05, 3.63) is 114 Å². The molecule has 0 aromatic heterocycles. The van der Waals surface area contributed by atoms with Crippen LogP contribution >= 0.6 is 0 Å². The van der Waals surface area contributed by atoms with Crippen molar-refractivity contribution in [3.63, 3.8) is 0 Å². The molecule has 107 valence electrons. The average molecular weight is 285 g/mol. The predicted octanol–water partition coefficient (Wildman–Crippen LogP) is 5.37. The lowest BCUT2D eigenvalue weighted by Crippen LogP contribution is -1.93. The van der Waals surface area contributed by atoms with Gasteiger partial charge in [0, 0.05) is 17.1 Å². The summed E-state index contributed by atoms with van der Waals surface area (Å²) in [7, 11) is 0. The van der Waals surface area contributed by atoms with Gasteiger partial charge in [0.2, 0.25) is 0 Å². The molecule has 0 atom stereocenters. The quantitative estimate of drug-likeness (QED) is 0.752. The number of aliphatic hydroxyl groups excluding tert-OH is 1. The van der Waals surface area contributed by atoms with E-state index in [9.17, 15) is 5.11 Å². The second-order valence-electron chi connectivity index (χ2n) is 5.08. The Bertz CT molecular complexity index is 718. The first-order chi connectivity index (χ1) is 10.8. The molecule has 3 rings (SSSR count). The van der Waals surface area contributed by atoms with Gasteiger partial charge in [0.05, 0.1) is 0 Å². The first-order valence-electron chi connectivity index (χ1n) is 7.28. The van der Waals surface area contributed by atoms with Crippen molar-refractivity contribution in [1.82, 2.24) is 0 Å². The fourth-order valence-electron chi connectivity index (χ4n) is 2.27. The van der Waals surface area contributed by atoms with Crippen LogP contribution in [0.4, 0.5) is 0 Å². The normalized spacial score (nSPS) is 14.6. The molecule has 1 N–H and O–H groups in total. The molecule has 0 unspecified atom stereocenters. The molecule has 1 heteroatoms. The third-order valence-electron chi connectivity index (χ3n) is 3.50. The molecule has 0 fully saturated rings. The Morgan fingerprint density at radius 3 is 1.91 bits per heavy atom. The summed E-state index contributed by atoms with van der Waals surface area (Å²) in [5, 5.41) is 10.3. The number of benzene rings is 2. The Balaban J connectivity index is 1.73. The van der Waals surface area contributed by atoms with Crippen LogP contribution in [0.25, 0.3) is 11.8 Å². The van der Waals surface area contributed by atoms with Crippen molar-refractivity contribution in [2.24, 2.45) is 0 Å². The fourth-order valence-corrected chi connectivity index (χ4v) is 2.27. The third kappa shape index (κ3) is 3.44. The van der Waals surface area contributed by atoms with E-state index in [1.165, 1.54) is 5.56 Å². The first kappa shape index (κ1) is 14.2. The largest absolute Gasteiger partial charge is 0.507 e. The zero-order chi connectivity index (χ0) is 15.2. The third-order valence-corrected chi connectivity index (χ3v) is 3.50. The van der Waals surface area contributed by atoms with Crippen LogP contribution in [-0.2, 0) is 0 Å². The van der Waals surface area contributed by atoms with E-state index in [-0.39, 0.29) is 0 Å². The van der Waals surface area contributed by atoms with Gasteiger partial charge in [-0.1, -0.05) is 97.1 Å². The minimum atomic E-state index is 0.305. The Labute approximate surface area is 131 Å². The average Bonchev–Trinajstić information content (AvgIpc) is 2.61. The number of allylic oxidation sites excluding steroid dienone is 6. The lowest BCUT2D eigenvalue weighted by molar-refractivity contribution is 0.509. The number of aliphatic hydroxyl groups is 1. The van der Waals surface area contributed by atoms with Gasteiger partial charge < -0.3 is 5.11 Å². The number of hydrogen-bond acceptors (Lipinski definition) is 1. The monoisotopic (exact) mass is 285 g/mol. The topological polar surface area (TPSA) is 20.2 Å². The van der Waals surface area contributed by atoms with E-state index in [1.807, 2.05) is 72.8 Å². The molecule has 0 aliphatic heterocycles. The molecule has 0 heterocycles. The summed E-state index contributed by atoms with van der Waals surface area (Å²) < 4.78 is 0. The highest BCUT2D eigenvalue weighted by Crippen LogP contribution is 2.24. The zero-order valence-corrected chi connectivity index (χ0v) is 12.2. The Morgan fingerprint density at radius 2 is 1.27 bits per heavy atom. The van der Waals surface area contributed by atoms with Gasteiger partial charge in [-0.05, 0) is 5.56 Å². The summed E-state index contributed by atoms with van der Waals surface area (Å²) in [4.78, 5) is 0. The van der Waals surface area contributed by atoms with Gasteiger partial charge in [-0.2, -0.15) is 0 Å². The molecule has 2 aromatic carbocycles. The lowest BCUT2D eigenvalue weighted by atomic mass is 9.97. The van der Waals surface area contributed by atoms with Gasteiger partial charge in [0.1, 0.15) is 5.76 Å². The minimum Gasteiger partial charge on any atom is -0.507 e. The van der Waals surface area contributed by atoms with E-state index >= 15 is 0 Å². The molecule has 1 aliphatic rings. The SMILES string of the molecule is OC(=C1C=C[C](C=Cc2ccccc2)C=C1)c1ccccc1. The van der Waals surface area contributed by atoms with Crippen LogP contribution in [0.1, 0.15) is 11.1 Å². The summed E-state index contributed by atoms with van der Waals surface area (Å²) in [6, 6.07) is 19.8. The van der Waals surface area contributed by atoms with Crippen LogP contribution < -0.4 is 0 Å². The van der Waals surface area contributed by atoms with E-state index in [0.29, 0.717) is 5.76 Å². The Morgan fingerprint density at radius 1 is 0.682 bits per heavy atom. The standard InChI is InChI=1S/C21H17O/c22-21(19-9-5-2-6-10-19)20-15-13-18(14-16-20)12-11-17-7-3-1-4-8-17/h1-16,22H. The summed E-state index contributed by atoms with van der Waals surface area (Å²) in [5.74, 6) is 1.41. The van der Waals surface area contributed by atoms with Crippen LogP contribution in [0, 0.1) is 5.92 Å². The second kappa shape index (κ2) is 6.77. The molecule has 1 nitrogen and oxygen atoms in total. The molecule has 0 bridgehead atoms. The summed E-state index contributed by atoms with van der Waals surface area (Å²) in [6.07, 6.45) is 12.0. The molecule has 2 aromatic rings. The van der Waals surface area contributed by atoms with Crippen LogP contribution in [0.5, 0.6) is 0 Å². The first-order valence-corrected chi connectivity index (χ1v) is 7.28. The second-order valence-corrected chi connectivity index (χ2v) is 5.08. The molecule has 0 saturated carbocycles. The maximum atomic E-state index is 10.3. The highest BCUT2D eigenvalue weighted by atomic mass is 16.3. The van der Waals surface area contributed by atoms with Gasteiger partial charge in [-0.25, -0.2) is 0 Å². The lowest BCUT2D eigenvalue weighted by Gasteiger charge is -2.10. The minimum absolute atomic E-state index is 0.305. The molecule has 22 heavy (non-hydrogen) atoms. The molecular formula is C21H17O. The van der Waals surface area contributed by atoms with E-state index in [1.54, 1.807) is 0 Å². The Hall–Kier alpha value is -2.80. The highest BCUT2D eigenvalue weighted by molar-refractivity contribution is 5.69. The number of hydrogen-bond donors (Lipinski definition) is 1. The highest BCUT2D eigenvalue weighted by Gasteiger charge is 2.07. The zero-order valence-electron chi connectivity index (χ0n) is 12.2. The van der Waals surface area contributed by atoms with Crippen molar-refractivity contribution < 1.29 is 5.11 Å². The van der Waals surface area contributed by atoms with E-state index in [4.69, 9.17) is 0 Å². The maximum absolute atomic E-state index is 10.3. The molecule has 0 spiro atoms. The van der Waals surface area contributed by atoms with E-state index < -0.39 is 0 Å². The van der Waals surface area contributed by atoms with Gasteiger partial charge in [-0.15, -0.1) is 0 Å². The van der Waals surface area contributed by atoms with Crippen LogP contribution in [0.15, 0.2) is 96.6 Å². The van der Waals surface area contributed by atoms with Gasteiger partial charge in [-0.3, -0.25) is 0 Å².